The number of hydrogen-bond donors (Lipinski definition) is 1. The van der Waals surface area contributed by atoms with Crippen molar-refractivity contribution in [3.8, 4) is 0 Å². The average Bonchev–Trinajstić information content (AvgIpc) is 3.25. The van der Waals surface area contributed by atoms with Crippen LogP contribution in [0.4, 0.5) is 4.79 Å². The number of hydrogen-bond acceptors (Lipinski definition) is 5. The molecule has 0 saturated heterocycles. The van der Waals surface area contributed by atoms with Crippen molar-refractivity contribution in [2.75, 3.05) is 13.1 Å². The van der Waals surface area contributed by atoms with E-state index in [0.29, 0.717) is 60.0 Å². The molecule has 4 rings (SSSR count). The van der Waals surface area contributed by atoms with Gasteiger partial charge < -0.3 is 15.0 Å². The number of amides is 2. The molecule has 4 aromatic rings. The molecule has 43 heavy (non-hydrogen) atoms. The van der Waals surface area contributed by atoms with E-state index in [-0.39, 0.29) is 11.6 Å². The minimum Gasteiger partial charge on any atom is -0.444 e. The lowest BCUT2D eigenvalue weighted by Crippen LogP contribution is -2.41. The number of benzene rings is 2. The maximum absolute atomic E-state index is 14.1. The molecule has 1 N–H and O–H groups in total. The van der Waals surface area contributed by atoms with Gasteiger partial charge in [-0.25, -0.2) is 9.59 Å². The summed E-state index contributed by atoms with van der Waals surface area (Å²) >= 11 is 6.61. The first-order chi connectivity index (χ1) is 20.4. The number of aryl methyl sites for hydroxylation is 2. The maximum atomic E-state index is 14.1. The van der Waals surface area contributed by atoms with Crippen LogP contribution in [-0.4, -0.2) is 49.8 Å². The molecule has 1 atom stereocenters. The SMILES string of the molecule is CCC(c1cc2c(Cl)c(C)nn2c(=O)n1Cc1ccccc1)N(CCCNC(=O)OC(C)(C)C)C(=O)c1ccc(C)cc1. The zero-order chi connectivity index (χ0) is 31.3. The zero-order valence-corrected chi connectivity index (χ0v) is 26.4. The van der Waals surface area contributed by atoms with Crippen molar-refractivity contribution in [2.24, 2.45) is 0 Å². The molecule has 0 spiro atoms. The van der Waals surface area contributed by atoms with E-state index in [1.807, 2.05) is 74.5 Å². The first kappa shape index (κ1) is 31.8. The second kappa shape index (κ2) is 13.5. The third-order valence-corrected chi connectivity index (χ3v) is 7.59. The van der Waals surface area contributed by atoms with E-state index in [1.165, 1.54) is 4.52 Å². The molecule has 0 aliphatic carbocycles. The van der Waals surface area contributed by atoms with Gasteiger partial charge in [0, 0.05) is 24.3 Å². The highest BCUT2D eigenvalue weighted by Crippen LogP contribution is 2.30. The molecule has 0 radical (unpaired) electrons. The Morgan fingerprint density at radius 1 is 1.07 bits per heavy atom. The average molecular weight is 606 g/mol. The molecule has 2 aromatic carbocycles. The monoisotopic (exact) mass is 605 g/mol. The lowest BCUT2D eigenvalue weighted by molar-refractivity contribution is 0.0523. The molecule has 0 fully saturated rings. The molecule has 2 aromatic heterocycles. The van der Waals surface area contributed by atoms with Gasteiger partial charge in [-0.15, -0.1) is 0 Å². The molecular formula is C33H40ClN5O4. The van der Waals surface area contributed by atoms with Crippen molar-refractivity contribution < 1.29 is 14.3 Å². The molecule has 2 heterocycles. The van der Waals surface area contributed by atoms with Crippen LogP contribution in [0.1, 0.15) is 79.5 Å². The number of nitrogens with zero attached hydrogens (tertiary/aromatic N) is 4. The van der Waals surface area contributed by atoms with Crippen LogP contribution >= 0.6 is 11.6 Å². The van der Waals surface area contributed by atoms with Crippen LogP contribution < -0.4 is 11.0 Å². The fourth-order valence-corrected chi connectivity index (χ4v) is 5.22. The van der Waals surface area contributed by atoms with Gasteiger partial charge >= 0.3 is 11.8 Å². The normalized spacial score (nSPS) is 12.3. The Morgan fingerprint density at radius 2 is 1.74 bits per heavy atom. The van der Waals surface area contributed by atoms with Crippen molar-refractivity contribution in [3.05, 3.63) is 104 Å². The Kier molecular flexibility index (Phi) is 9.96. The van der Waals surface area contributed by atoms with Gasteiger partial charge in [-0.3, -0.25) is 9.36 Å². The van der Waals surface area contributed by atoms with E-state index >= 15 is 0 Å². The third kappa shape index (κ3) is 7.65. The number of aromatic nitrogens is 3. The van der Waals surface area contributed by atoms with Gasteiger partial charge in [-0.1, -0.05) is 66.6 Å². The summed E-state index contributed by atoms with van der Waals surface area (Å²) in [7, 11) is 0. The zero-order valence-electron chi connectivity index (χ0n) is 25.7. The van der Waals surface area contributed by atoms with Crippen molar-refractivity contribution in [1.29, 1.82) is 0 Å². The second-order valence-corrected chi connectivity index (χ2v) is 12.1. The van der Waals surface area contributed by atoms with Crippen LogP contribution in [0.15, 0.2) is 65.5 Å². The van der Waals surface area contributed by atoms with Gasteiger partial charge in [-0.05, 0) is 71.2 Å². The molecule has 0 bridgehead atoms. The summed E-state index contributed by atoms with van der Waals surface area (Å²) in [6, 6.07) is 18.5. The fourth-order valence-electron chi connectivity index (χ4n) is 5.04. The lowest BCUT2D eigenvalue weighted by atomic mass is 10.0. The number of alkyl carbamates (subject to hydrolysis) is 1. The van der Waals surface area contributed by atoms with Crippen LogP contribution in [0.5, 0.6) is 0 Å². The summed E-state index contributed by atoms with van der Waals surface area (Å²) in [6.07, 6.45) is 0.501. The summed E-state index contributed by atoms with van der Waals surface area (Å²) in [5.74, 6) is -0.168. The van der Waals surface area contributed by atoms with Gasteiger partial charge in [0.25, 0.3) is 5.91 Å². The molecule has 1 unspecified atom stereocenters. The molecule has 0 saturated carbocycles. The largest absolute Gasteiger partial charge is 0.444 e. The lowest BCUT2D eigenvalue weighted by Gasteiger charge is -2.33. The summed E-state index contributed by atoms with van der Waals surface area (Å²) in [5, 5.41) is 7.58. The number of rotatable bonds is 10. The topological polar surface area (TPSA) is 97.9 Å². The third-order valence-electron chi connectivity index (χ3n) is 7.12. The van der Waals surface area contributed by atoms with Crippen molar-refractivity contribution in [1.82, 2.24) is 24.4 Å². The van der Waals surface area contributed by atoms with Gasteiger partial charge in [0.1, 0.15) is 5.60 Å². The van der Waals surface area contributed by atoms with E-state index in [4.69, 9.17) is 16.3 Å². The summed E-state index contributed by atoms with van der Waals surface area (Å²) in [4.78, 5) is 42.1. The van der Waals surface area contributed by atoms with E-state index in [0.717, 1.165) is 11.1 Å². The van der Waals surface area contributed by atoms with Crippen LogP contribution in [0.2, 0.25) is 5.02 Å². The number of carbonyl (C=O) groups is 2. The number of nitrogens with one attached hydrogen (secondary N) is 1. The van der Waals surface area contributed by atoms with Crippen molar-refractivity contribution in [2.45, 2.75) is 72.6 Å². The van der Waals surface area contributed by atoms with Gasteiger partial charge in [0.05, 0.1) is 28.8 Å². The van der Waals surface area contributed by atoms with Gasteiger partial charge in [-0.2, -0.15) is 9.61 Å². The van der Waals surface area contributed by atoms with E-state index in [9.17, 15) is 14.4 Å². The minimum atomic E-state index is -0.612. The standard InChI is InChI=1S/C33H40ClN5O4/c1-7-26(27-20-28-29(34)23(3)36-39(28)32(42)38(27)21-24-12-9-8-10-13-24)37(30(40)25-16-14-22(2)15-17-25)19-11-18-35-31(41)43-33(4,5)6/h8-10,12-17,20,26H,7,11,18-19,21H2,1-6H3,(H,35,41). The predicted octanol–water partition coefficient (Wildman–Crippen LogP) is 6.32. The predicted molar refractivity (Wildman–Crippen MR) is 169 cm³/mol. The molecule has 0 aliphatic heterocycles. The molecule has 9 nitrogen and oxygen atoms in total. The first-order valence-electron chi connectivity index (χ1n) is 14.6. The van der Waals surface area contributed by atoms with Crippen LogP contribution in [0.25, 0.3) is 5.52 Å². The molecule has 228 valence electrons. The van der Waals surface area contributed by atoms with Crippen LogP contribution in [0.3, 0.4) is 0 Å². The molecule has 2 amide bonds. The van der Waals surface area contributed by atoms with E-state index < -0.39 is 17.7 Å². The smallest absolute Gasteiger partial charge is 0.407 e. The molecule has 10 heteroatoms. The molecule has 0 aliphatic rings. The summed E-state index contributed by atoms with van der Waals surface area (Å²) in [6.45, 7) is 12.1. The van der Waals surface area contributed by atoms with Gasteiger partial charge in [0.15, 0.2) is 0 Å². The fraction of sp³-hybridized carbons (Fsp3) is 0.394. The Labute approximate surface area is 257 Å². The Bertz CT molecular complexity index is 1640. The number of carbonyl (C=O) groups excluding carboxylic acids is 2. The van der Waals surface area contributed by atoms with Crippen LogP contribution in [0, 0.1) is 13.8 Å². The quantitative estimate of drug-likeness (QED) is 0.213. The molecular weight excluding hydrogens is 566 g/mol. The maximum Gasteiger partial charge on any atom is 0.407 e. The highest BCUT2D eigenvalue weighted by atomic mass is 35.5. The Balaban J connectivity index is 1.76. The van der Waals surface area contributed by atoms with Crippen molar-refractivity contribution in [3.63, 3.8) is 0 Å². The summed E-state index contributed by atoms with van der Waals surface area (Å²) in [5.41, 5.74) is 3.29. The summed E-state index contributed by atoms with van der Waals surface area (Å²) < 4.78 is 8.36. The number of halogens is 1. The minimum absolute atomic E-state index is 0.168. The van der Waals surface area contributed by atoms with Crippen LogP contribution in [-0.2, 0) is 11.3 Å². The highest BCUT2D eigenvalue weighted by molar-refractivity contribution is 6.34. The first-order valence-corrected chi connectivity index (χ1v) is 14.9. The van der Waals surface area contributed by atoms with Crippen molar-refractivity contribution >= 4 is 29.1 Å². The van der Waals surface area contributed by atoms with E-state index in [2.05, 4.69) is 10.4 Å². The van der Waals surface area contributed by atoms with Gasteiger partial charge in [0.2, 0.25) is 0 Å². The highest BCUT2D eigenvalue weighted by Gasteiger charge is 2.29. The number of fused-ring (bicyclic) bond motifs is 1. The second-order valence-electron chi connectivity index (χ2n) is 11.7. The Hall–Kier alpha value is -4.11. The number of ether oxygens (including phenoxy) is 1. The Morgan fingerprint density at radius 3 is 2.37 bits per heavy atom. The van der Waals surface area contributed by atoms with E-state index in [1.54, 1.807) is 37.2 Å².